The van der Waals surface area contributed by atoms with Crippen molar-refractivity contribution in [2.45, 2.75) is 44.9 Å². The van der Waals surface area contributed by atoms with Gasteiger partial charge in [-0.15, -0.1) is 0 Å². The number of halogens is 3. The van der Waals surface area contributed by atoms with Crippen LogP contribution in [0.4, 0.5) is 13.2 Å². The zero-order valence-electron chi connectivity index (χ0n) is 12.4. The molecule has 2 nitrogen and oxygen atoms in total. The van der Waals surface area contributed by atoms with Gasteiger partial charge in [-0.2, -0.15) is 13.2 Å². The largest absolute Gasteiger partial charge is 0.416 e. The molecule has 0 unspecified atom stereocenters. The van der Waals surface area contributed by atoms with E-state index in [9.17, 15) is 13.2 Å². The standard InChI is InChI=1S/C16H23F3N2/c1-2-9-20-15-7-10-21(11-8-15)12-13-3-5-14(6-4-13)16(17,18)19/h3-6,15,20H,2,7-12H2,1H3. The Morgan fingerprint density at radius 1 is 1.14 bits per heavy atom. The molecule has 0 atom stereocenters. The minimum Gasteiger partial charge on any atom is -0.314 e. The van der Waals surface area contributed by atoms with Crippen molar-refractivity contribution in [1.29, 1.82) is 0 Å². The van der Waals surface area contributed by atoms with Crippen molar-refractivity contribution in [3.8, 4) is 0 Å². The first-order valence-corrected chi connectivity index (χ1v) is 7.61. The second kappa shape index (κ2) is 7.27. The van der Waals surface area contributed by atoms with Gasteiger partial charge in [0.2, 0.25) is 0 Å². The van der Waals surface area contributed by atoms with Crippen LogP contribution in [0.2, 0.25) is 0 Å². The number of alkyl halides is 3. The summed E-state index contributed by atoms with van der Waals surface area (Å²) >= 11 is 0. The molecule has 118 valence electrons. The number of hydrogen-bond acceptors (Lipinski definition) is 2. The average Bonchev–Trinajstić information content (AvgIpc) is 2.46. The van der Waals surface area contributed by atoms with Gasteiger partial charge in [0, 0.05) is 12.6 Å². The molecule has 0 radical (unpaired) electrons. The van der Waals surface area contributed by atoms with Gasteiger partial charge in [-0.3, -0.25) is 4.90 Å². The van der Waals surface area contributed by atoms with Gasteiger partial charge in [0.1, 0.15) is 0 Å². The van der Waals surface area contributed by atoms with E-state index in [0.717, 1.165) is 51.0 Å². The van der Waals surface area contributed by atoms with Crippen molar-refractivity contribution in [3.63, 3.8) is 0 Å². The van der Waals surface area contributed by atoms with E-state index in [1.54, 1.807) is 12.1 Å². The highest BCUT2D eigenvalue weighted by Gasteiger charge is 2.30. The Hall–Kier alpha value is -1.07. The first kappa shape index (κ1) is 16.3. The van der Waals surface area contributed by atoms with Crippen LogP contribution in [0.5, 0.6) is 0 Å². The number of benzene rings is 1. The number of nitrogens with one attached hydrogen (secondary N) is 1. The van der Waals surface area contributed by atoms with E-state index in [0.29, 0.717) is 6.04 Å². The van der Waals surface area contributed by atoms with E-state index in [4.69, 9.17) is 0 Å². The molecule has 1 aliphatic heterocycles. The summed E-state index contributed by atoms with van der Waals surface area (Å²) in [6.45, 7) is 5.96. The number of piperidine rings is 1. The Labute approximate surface area is 124 Å². The molecule has 0 aliphatic carbocycles. The fourth-order valence-corrected chi connectivity index (χ4v) is 2.70. The Kier molecular flexibility index (Phi) is 5.65. The lowest BCUT2D eigenvalue weighted by molar-refractivity contribution is -0.137. The Balaban J connectivity index is 1.81. The fraction of sp³-hybridized carbons (Fsp3) is 0.625. The number of likely N-dealkylation sites (tertiary alicyclic amines) is 1. The SMILES string of the molecule is CCCNC1CCN(Cc2ccc(C(F)(F)F)cc2)CC1. The summed E-state index contributed by atoms with van der Waals surface area (Å²) in [4.78, 5) is 2.31. The molecule has 1 heterocycles. The highest BCUT2D eigenvalue weighted by molar-refractivity contribution is 5.24. The molecule has 0 spiro atoms. The van der Waals surface area contributed by atoms with E-state index in [1.807, 2.05) is 0 Å². The molecule has 0 aromatic heterocycles. The van der Waals surface area contributed by atoms with Crippen molar-refractivity contribution in [1.82, 2.24) is 10.2 Å². The second-order valence-electron chi connectivity index (χ2n) is 5.70. The van der Waals surface area contributed by atoms with Crippen LogP contribution in [-0.4, -0.2) is 30.6 Å². The van der Waals surface area contributed by atoms with Gasteiger partial charge in [0.25, 0.3) is 0 Å². The molecular formula is C16H23F3N2. The molecule has 1 aromatic rings. The molecule has 2 rings (SSSR count). The molecular weight excluding hydrogens is 277 g/mol. The summed E-state index contributed by atoms with van der Waals surface area (Å²) in [5.74, 6) is 0. The number of hydrogen-bond donors (Lipinski definition) is 1. The van der Waals surface area contributed by atoms with Gasteiger partial charge in [-0.25, -0.2) is 0 Å². The van der Waals surface area contributed by atoms with E-state index >= 15 is 0 Å². The molecule has 21 heavy (non-hydrogen) atoms. The predicted octanol–water partition coefficient (Wildman–Crippen LogP) is 3.67. The van der Waals surface area contributed by atoms with Crippen molar-refractivity contribution in [2.24, 2.45) is 0 Å². The summed E-state index contributed by atoms with van der Waals surface area (Å²) in [5.41, 5.74) is 0.372. The summed E-state index contributed by atoms with van der Waals surface area (Å²) in [7, 11) is 0. The maximum absolute atomic E-state index is 12.5. The predicted molar refractivity (Wildman–Crippen MR) is 78.0 cm³/mol. The van der Waals surface area contributed by atoms with Crippen LogP contribution in [-0.2, 0) is 12.7 Å². The van der Waals surface area contributed by atoms with Gasteiger partial charge < -0.3 is 5.32 Å². The summed E-state index contributed by atoms with van der Waals surface area (Å²) < 4.78 is 37.5. The molecule has 1 N–H and O–H groups in total. The van der Waals surface area contributed by atoms with Gasteiger partial charge in [-0.1, -0.05) is 19.1 Å². The first-order chi connectivity index (χ1) is 9.99. The maximum Gasteiger partial charge on any atom is 0.416 e. The van der Waals surface area contributed by atoms with Crippen LogP contribution in [0.3, 0.4) is 0 Å². The molecule has 0 bridgehead atoms. The van der Waals surface area contributed by atoms with E-state index < -0.39 is 11.7 Å². The number of nitrogens with zero attached hydrogens (tertiary/aromatic N) is 1. The van der Waals surface area contributed by atoms with Crippen LogP contribution in [0.25, 0.3) is 0 Å². The molecule has 1 aliphatic rings. The third kappa shape index (κ3) is 5.00. The lowest BCUT2D eigenvalue weighted by Crippen LogP contribution is -2.42. The molecule has 0 saturated carbocycles. The fourth-order valence-electron chi connectivity index (χ4n) is 2.70. The second-order valence-corrected chi connectivity index (χ2v) is 5.70. The van der Waals surface area contributed by atoms with Crippen LogP contribution < -0.4 is 5.32 Å². The Bertz CT molecular complexity index is 420. The molecule has 1 fully saturated rings. The quantitative estimate of drug-likeness (QED) is 0.892. The first-order valence-electron chi connectivity index (χ1n) is 7.61. The van der Waals surface area contributed by atoms with Gasteiger partial charge in [-0.05, 0) is 56.6 Å². The molecule has 0 amide bonds. The highest BCUT2D eigenvalue weighted by atomic mass is 19.4. The zero-order valence-corrected chi connectivity index (χ0v) is 12.4. The van der Waals surface area contributed by atoms with E-state index in [2.05, 4.69) is 17.1 Å². The topological polar surface area (TPSA) is 15.3 Å². The Morgan fingerprint density at radius 2 is 1.76 bits per heavy atom. The smallest absolute Gasteiger partial charge is 0.314 e. The van der Waals surface area contributed by atoms with E-state index in [1.165, 1.54) is 12.1 Å². The van der Waals surface area contributed by atoms with Crippen molar-refractivity contribution >= 4 is 0 Å². The molecule has 5 heteroatoms. The molecule has 1 saturated heterocycles. The average molecular weight is 300 g/mol. The minimum atomic E-state index is -4.25. The third-order valence-electron chi connectivity index (χ3n) is 3.96. The van der Waals surface area contributed by atoms with Gasteiger partial charge >= 0.3 is 6.18 Å². The van der Waals surface area contributed by atoms with Crippen molar-refractivity contribution < 1.29 is 13.2 Å². The van der Waals surface area contributed by atoms with Crippen LogP contribution in [0, 0.1) is 0 Å². The highest BCUT2D eigenvalue weighted by Crippen LogP contribution is 2.29. The minimum absolute atomic E-state index is 0.575. The van der Waals surface area contributed by atoms with Crippen molar-refractivity contribution in [3.05, 3.63) is 35.4 Å². The monoisotopic (exact) mass is 300 g/mol. The van der Waals surface area contributed by atoms with Crippen LogP contribution >= 0.6 is 0 Å². The normalized spacial score (nSPS) is 18.1. The van der Waals surface area contributed by atoms with Gasteiger partial charge in [0.15, 0.2) is 0 Å². The Morgan fingerprint density at radius 3 is 2.29 bits per heavy atom. The summed E-state index contributed by atoms with van der Waals surface area (Å²) in [6, 6.07) is 6.11. The lowest BCUT2D eigenvalue weighted by Gasteiger charge is -2.32. The van der Waals surface area contributed by atoms with Crippen LogP contribution in [0.15, 0.2) is 24.3 Å². The lowest BCUT2D eigenvalue weighted by atomic mass is 10.0. The van der Waals surface area contributed by atoms with Crippen LogP contribution in [0.1, 0.15) is 37.3 Å². The zero-order chi connectivity index (χ0) is 15.3. The molecule has 1 aromatic carbocycles. The van der Waals surface area contributed by atoms with Gasteiger partial charge in [0.05, 0.1) is 5.56 Å². The van der Waals surface area contributed by atoms with Crippen molar-refractivity contribution in [2.75, 3.05) is 19.6 Å². The summed E-state index contributed by atoms with van der Waals surface area (Å²) in [5, 5.41) is 3.53. The third-order valence-corrected chi connectivity index (χ3v) is 3.96. The maximum atomic E-state index is 12.5. The number of rotatable bonds is 5. The summed E-state index contributed by atoms with van der Waals surface area (Å²) in [6.07, 6.45) is -0.880. The van der Waals surface area contributed by atoms with E-state index in [-0.39, 0.29) is 0 Å².